The summed E-state index contributed by atoms with van der Waals surface area (Å²) in [6.45, 7) is 4.95. The standard InChI is InChI=1S/C3H7Cl.C2H4O2/c1-3(2)4;1-2(3)4/h3H,1-2H3;1H3,(H,3,4). The van der Waals surface area contributed by atoms with Gasteiger partial charge in [-0.2, -0.15) is 0 Å². The van der Waals surface area contributed by atoms with E-state index in [0.29, 0.717) is 5.38 Å². The summed E-state index contributed by atoms with van der Waals surface area (Å²) >= 11 is 5.27. The average molecular weight is 139 g/mol. The fourth-order valence-electron chi connectivity index (χ4n) is 0. The number of carboxylic acid groups (broad SMARTS) is 1. The van der Waals surface area contributed by atoms with Gasteiger partial charge < -0.3 is 5.11 Å². The number of halogens is 1. The molecule has 50 valence electrons. The lowest BCUT2D eigenvalue weighted by molar-refractivity contribution is -0.134. The van der Waals surface area contributed by atoms with Crippen LogP contribution >= 0.6 is 11.6 Å². The Morgan fingerprint density at radius 3 is 1.62 bits per heavy atom. The molecule has 0 aromatic heterocycles. The van der Waals surface area contributed by atoms with E-state index in [0.717, 1.165) is 6.92 Å². The minimum absolute atomic E-state index is 0.306. The van der Waals surface area contributed by atoms with Crippen molar-refractivity contribution >= 4 is 17.6 Å². The molecule has 2 nitrogen and oxygen atoms in total. The zero-order valence-corrected chi connectivity index (χ0v) is 6.07. The lowest BCUT2D eigenvalue weighted by Gasteiger charge is -1.76. The summed E-state index contributed by atoms with van der Waals surface area (Å²) in [5.41, 5.74) is 0. The molecule has 0 saturated carbocycles. The molecule has 0 aliphatic rings. The first kappa shape index (κ1) is 10.7. The van der Waals surface area contributed by atoms with E-state index in [1.165, 1.54) is 0 Å². The number of carbonyl (C=O) groups is 1. The van der Waals surface area contributed by atoms with Crippen LogP contribution in [-0.2, 0) is 4.79 Å². The zero-order chi connectivity index (χ0) is 7.15. The van der Waals surface area contributed by atoms with Gasteiger partial charge in [0.15, 0.2) is 0 Å². The summed E-state index contributed by atoms with van der Waals surface area (Å²) in [6.07, 6.45) is 0. The molecule has 0 aliphatic heterocycles. The molecule has 0 spiro atoms. The Balaban J connectivity index is 0. The van der Waals surface area contributed by atoms with Crippen LogP contribution in [0.3, 0.4) is 0 Å². The quantitative estimate of drug-likeness (QED) is 0.518. The maximum absolute atomic E-state index is 9.00. The minimum Gasteiger partial charge on any atom is -0.481 e. The van der Waals surface area contributed by atoms with Crippen molar-refractivity contribution in [3.05, 3.63) is 0 Å². The molecule has 1 N–H and O–H groups in total. The van der Waals surface area contributed by atoms with Crippen LogP contribution in [0.2, 0.25) is 0 Å². The fraction of sp³-hybridized carbons (Fsp3) is 0.800. The first-order valence-electron chi connectivity index (χ1n) is 2.30. The zero-order valence-electron chi connectivity index (χ0n) is 5.31. The van der Waals surface area contributed by atoms with Gasteiger partial charge in [0, 0.05) is 12.3 Å². The lowest BCUT2D eigenvalue weighted by Crippen LogP contribution is -1.78. The van der Waals surface area contributed by atoms with E-state index in [-0.39, 0.29) is 0 Å². The van der Waals surface area contributed by atoms with Crippen LogP contribution in [-0.4, -0.2) is 16.5 Å². The van der Waals surface area contributed by atoms with Crippen LogP contribution in [0.4, 0.5) is 0 Å². The van der Waals surface area contributed by atoms with E-state index in [9.17, 15) is 0 Å². The Bertz CT molecular complexity index is 54.7. The molecule has 0 radical (unpaired) electrons. The first-order chi connectivity index (χ1) is 3.46. The van der Waals surface area contributed by atoms with Crippen molar-refractivity contribution < 1.29 is 9.90 Å². The van der Waals surface area contributed by atoms with E-state index in [4.69, 9.17) is 21.5 Å². The second kappa shape index (κ2) is 6.76. The molecular weight excluding hydrogens is 128 g/mol. The van der Waals surface area contributed by atoms with Gasteiger partial charge in [-0.25, -0.2) is 0 Å². The molecule has 0 saturated heterocycles. The normalized spacial score (nSPS) is 7.62. The molecule has 0 atom stereocenters. The average Bonchev–Trinajstić information content (AvgIpc) is 1.25. The summed E-state index contributed by atoms with van der Waals surface area (Å²) in [4.78, 5) is 9.00. The van der Waals surface area contributed by atoms with E-state index >= 15 is 0 Å². The highest BCUT2D eigenvalue weighted by Crippen LogP contribution is 1.84. The molecule has 0 rings (SSSR count). The van der Waals surface area contributed by atoms with Crippen LogP contribution < -0.4 is 0 Å². The molecule has 0 bridgehead atoms. The van der Waals surface area contributed by atoms with Gasteiger partial charge >= 0.3 is 0 Å². The molecule has 0 aliphatic carbocycles. The Morgan fingerprint density at radius 1 is 1.62 bits per heavy atom. The number of carboxylic acids is 1. The monoisotopic (exact) mass is 138 g/mol. The number of aliphatic carboxylic acids is 1. The Labute approximate surface area is 54.5 Å². The van der Waals surface area contributed by atoms with Crippen LogP contribution in [0, 0.1) is 0 Å². The number of alkyl halides is 1. The second-order valence-corrected chi connectivity index (χ2v) is 2.41. The molecule has 0 fully saturated rings. The predicted molar refractivity (Wildman–Crippen MR) is 34.3 cm³/mol. The fourth-order valence-corrected chi connectivity index (χ4v) is 0. The molecule has 8 heavy (non-hydrogen) atoms. The highest BCUT2D eigenvalue weighted by atomic mass is 35.5. The van der Waals surface area contributed by atoms with Crippen LogP contribution in [0.5, 0.6) is 0 Å². The lowest BCUT2D eigenvalue weighted by atomic mass is 10.6. The summed E-state index contributed by atoms with van der Waals surface area (Å²) < 4.78 is 0. The SMILES string of the molecule is CC(=O)O.CC(C)Cl. The molecule has 0 heterocycles. The maximum Gasteiger partial charge on any atom is 0.300 e. The highest BCUT2D eigenvalue weighted by molar-refractivity contribution is 6.20. The van der Waals surface area contributed by atoms with Gasteiger partial charge in [-0.3, -0.25) is 4.79 Å². The van der Waals surface area contributed by atoms with Gasteiger partial charge in [0.1, 0.15) is 0 Å². The molecule has 0 unspecified atom stereocenters. The Kier molecular flexibility index (Phi) is 9.03. The summed E-state index contributed by atoms with van der Waals surface area (Å²) in [6, 6.07) is 0. The van der Waals surface area contributed by atoms with Crippen molar-refractivity contribution in [1.82, 2.24) is 0 Å². The van der Waals surface area contributed by atoms with Crippen molar-refractivity contribution in [3.63, 3.8) is 0 Å². The molecule has 0 amide bonds. The third kappa shape index (κ3) is 2270. The van der Waals surface area contributed by atoms with Crippen LogP contribution in [0.25, 0.3) is 0 Å². The summed E-state index contributed by atoms with van der Waals surface area (Å²) in [5, 5.41) is 7.72. The minimum atomic E-state index is -0.833. The first-order valence-corrected chi connectivity index (χ1v) is 2.74. The van der Waals surface area contributed by atoms with Gasteiger partial charge in [-0.05, 0) is 13.8 Å². The highest BCUT2D eigenvalue weighted by Gasteiger charge is 1.71. The largest absolute Gasteiger partial charge is 0.481 e. The van der Waals surface area contributed by atoms with Gasteiger partial charge in [0.2, 0.25) is 0 Å². The molecule has 0 aromatic carbocycles. The Morgan fingerprint density at radius 2 is 1.62 bits per heavy atom. The smallest absolute Gasteiger partial charge is 0.300 e. The number of hydrogen-bond acceptors (Lipinski definition) is 1. The van der Waals surface area contributed by atoms with E-state index in [1.54, 1.807) is 0 Å². The maximum atomic E-state index is 9.00. The third-order valence-electron chi connectivity index (χ3n) is 0. The summed E-state index contributed by atoms with van der Waals surface area (Å²) in [5.74, 6) is -0.833. The van der Waals surface area contributed by atoms with E-state index in [2.05, 4.69) is 0 Å². The van der Waals surface area contributed by atoms with Crippen molar-refractivity contribution in [3.8, 4) is 0 Å². The second-order valence-electron chi connectivity index (χ2n) is 1.53. The van der Waals surface area contributed by atoms with Crippen molar-refractivity contribution in [2.75, 3.05) is 0 Å². The Hall–Kier alpha value is -0.240. The van der Waals surface area contributed by atoms with Crippen LogP contribution in [0.15, 0.2) is 0 Å². The van der Waals surface area contributed by atoms with Crippen molar-refractivity contribution in [2.45, 2.75) is 26.1 Å². The molecule has 0 aromatic rings. The number of hydrogen-bond donors (Lipinski definition) is 1. The predicted octanol–water partition coefficient (Wildman–Crippen LogP) is 1.72. The van der Waals surface area contributed by atoms with Gasteiger partial charge in [0.05, 0.1) is 0 Å². The third-order valence-corrected chi connectivity index (χ3v) is 0. The summed E-state index contributed by atoms with van der Waals surface area (Å²) in [7, 11) is 0. The van der Waals surface area contributed by atoms with E-state index in [1.807, 2.05) is 13.8 Å². The van der Waals surface area contributed by atoms with Crippen LogP contribution in [0.1, 0.15) is 20.8 Å². The van der Waals surface area contributed by atoms with Gasteiger partial charge in [0.25, 0.3) is 5.97 Å². The van der Waals surface area contributed by atoms with Crippen molar-refractivity contribution in [2.24, 2.45) is 0 Å². The van der Waals surface area contributed by atoms with Gasteiger partial charge in [-0.15, -0.1) is 11.6 Å². The van der Waals surface area contributed by atoms with Gasteiger partial charge in [-0.1, -0.05) is 0 Å². The molecular formula is C5H11ClO2. The molecule has 3 heteroatoms. The topological polar surface area (TPSA) is 37.3 Å². The number of rotatable bonds is 0. The van der Waals surface area contributed by atoms with Crippen molar-refractivity contribution in [1.29, 1.82) is 0 Å². The van der Waals surface area contributed by atoms with E-state index < -0.39 is 5.97 Å².